The molecule has 0 saturated carbocycles. The molecule has 0 radical (unpaired) electrons. The minimum atomic E-state index is 0.387. The number of thioether (sulfide) groups is 1. The number of aryl methyl sites for hydroxylation is 2. The van der Waals surface area contributed by atoms with Crippen LogP contribution in [0.1, 0.15) is 23.1 Å². The van der Waals surface area contributed by atoms with Crippen LogP contribution in [0, 0.1) is 5.92 Å². The summed E-state index contributed by atoms with van der Waals surface area (Å²) in [6.07, 6.45) is 5.09. The lowest BCUT2D eigenvalue weighted by atomic mass is 9.96. The molecule has 0 N–H and O–H groups in total. The molecule has 3 rings (SSSR count). The topological polar surface area (TPSA) is 0 Å². The first-order chi connectivity index (χ1) is 7.83. The van der Waals surface area contributed by atoms with E-state index in [1.165, 1.54) is 37.0 Å². The number of benzene rings is 1. The molecule has 0 amide bonds. The summed E-state index contributed by atoms with van der Waals surface area (Å²) in [7, 11) is 0. The molecule has 0 nitrogen and oxygen atoms in total. The SMILES string of the molecule is ClC1CSCC1Cc1ccc2c(c1)CCC2. The summed E-state index contributed by atoms with van der Waals surface area (Å²) in [5.41, 5.74) is 4.67. The van der Waals surface area contributed by atoms with Crippen molar-refractivity contribution in [1.29, 1.82) is 0 Å². The van der Waals surface area contributed by atoms with Gasteiger partial charge in [-0.3, -0.25) is 0 Å². The van der Waals surface area contributed by atoms with Crippen molar-refractivity contribution in [3.8, 4) is 0 Å². The van der Waals surface area contributed by atoms with Crippen molar-refractivity contribution in [2.45, 2.75) is 31.1 Å². The van der Waals surface area contributed by atoms with Gasteiger partial charge in [0.1, 0.15) is 0 Å². The minimum absolute atomic E-state index is 0.387. The van der Waals surface area contributed by atoms with Gasteiger partial charge in [-0.2, -0.15) is 11.8 Å². The molecule has 0 spiro atoms. The number of hydrogen-bond acceptors (Lipinski definition) is 1. The second-order valence-electron chi connectivity index (χ2n) is 4.97. The van der Waals surface area contributed by atoms with Crippen LogP contribution in [0.2, 0.25) is 0 Å². The van der Waals surface area contributed by atoms with Crippen molar-refractivity contribution < 1.29 is 0 Å². The van der Waals surface area contributed by atoms with E-state index in [1.807, 2.05) is 11.8 Å². The summed E-state index contributed by atoms with van der Waals surface area (Å²) in [6.45, 7) is 0. The van der Waals surface area contributed by atoms with E-state index in [0.29, 0.717) is 11.3 Å². The molecule has 86 valence electrons. The molecular formula is C14H17ClS. The Kier molecular flexibility index (Phi) is 3.17. The van der Waals surface area contributed by atoms with Crippen LogP contribution < -0.4 is 0 Å². The van der Waals surface area contributed by atoms with Crippen LogP contribution in [0.3, 0.4) is 0 Å². The van der Waals surface area contributed by atoms with E-state index in [0.717, 1.165) is 5.75 Å². The van der Waals surface area contributed by atoms with Crippen molar-refractivity contribution in [2.75, 3.05) is 11.5 Å². The van der Waals surface area contributed by atoms with Crippen molar-refractivity contribution in [3.05, 3.63) is 34.9 Å². The molecule has 1 aromatic rings. The Hall–Kier alpha value is -0.140. The Balaban J connectivity index is 1.75. The highest BCUT2D eigenvalue weighted by molar-refractivity contribution is 7.99. The van der Waals surface area contributed by atoms with Crippen molar-refractivity contribution in [3.63, 3.8) is 0 Å². The van der Waals surface area contributed by atoms with Gasteiger partial charge in [-0.15, -0.1) is 11.6 Å². The largest absolute Gasteiger partial charge is 0.160 e. The lowest BCUT2D eigenvalue weighted by molar-refractivity contribution is 0.603. The molecule has 1 aliphatic carbocycles. The molecule has 1 aromatic carbocycles. The summed E-state index contributed by atoms with van der Waals surface area (Å²) in [6, 6.07) is 7.08. The predicted molar refractivity (Wildman–Crippen MR) is 72.6 cm³/mol. The highest BCUT2D eigenvalue weighted by Gasteiger charge is 2.26. The lowest BCUT2D eigenvalue weighted by Crippen LogP contribution is -2.14. The Morgan fingerprint density at radius 3 is 2.88 bits per heavy atom. The second-order valence-corrected chi connectivity index (χ2v) is 6.61. The maximum atomic E-state index is 6.32. The average Bonchev–Trinajstić information content (AvgIpc) is 2.88. The smallest absolute Gasteiger partial charge is 0.0465 e. The van der Waals surface area contributed by atoms with Gasteiger partial charge in [0.25, 0.3) is 0 Å². The van der Waals surface area contributed by atoms with Crippen molar-refractivity contribution in [2.24, 2.45) is 5.92 Å². The molecule has 0 aromatic heterocycles. The van der Waals surface area contributed by atoms with Crippen LogP contribution in [0.5, 0.6) is 0 Å². The van der Waals surface area contributed by atoms with Crippen LogP contribution in [-0.4, -0.2) is 16.9 Å². The van der Waals surface area contributed by atoms with Gasteiger partial charge in [0.15, 0.2) is 0 Å². The molecule has 1 saturated heterocycles. The number of halogens is 1. The quantitative estimate of drug-likeness (QED) is 0.724. The van der Waals surface area contributed by atoms with Crippen molar-refractivity contribution in [1.82, 2.24) is 0 Å². The highest BCUT2D eigenvalue weighted by Crippen LogP contribution is 2.32. The summed E-state index contributed by atoms with van der Waals surface area (Å²) in [5.74, 6) is 3.06. The molecule has 2 atom stereocenters. The van der Waals surface area contributed by atoms with Gasteiger partial charge in [0.05, 0.1) is 0 Å². The zero-order valence-electron chi connectivity index (χ0n) is 9.42. The third-order valence-electron chi connectivity index (χ3n) is 3.78. The zero-order chi connectivity index (χ0) is 11.0. The molecule has 16 heavy (non-hydrogen) atoms. The number of hydrogen-bond donors (Lipinski definition) is 0. The predicted octanol–water partition coefficient (Wildman–Crippen LogP) is 3.69. The normalized spacial score (nSPS) is 28.3. The third kappa shape index (κ3) is 2.12. The van der Waals surface area contributed by atoms with E-state index in [1.54, 1.807) is 11.1 Å². The Labute approximate surface area is 107 Å². The second kappa shape index (κ2) is 4.62. The lowest BCUT2D eigenvalue weighted by Gasteiger charge is -2.13. The first kappa shape index (κ1) is 11.0. The number of alkyl halides is 1. The zero-order valence-corrected chi connectivity index (χ0v) is 11.0. The van der Waals surface area contributed by atoms with E-state index in [4.69, 9.17) is 11.6 Å². The van der Waals surface area contributed by atoms with E-state index < -0.39 is 0 Å². The van der Waals surface area contributed by atoms with Crippen LogP contribution in [0.15, 0.2) is 18.2 Å². The molecular weight excluding hydrogens is 236 g/mol. The Morgan fingerprint density at radius 1 is 1.19 bits per heavy atom. The first-order valence-corrected chi connectivity index (χ1v) is 7.74. The van der Waals surface area contributed by atoms with Crippen LogP contribution in [0.25, 0.3) is 0 Å². The highest BCUT2D eigenvalue weighted by atomic mass is 35.5. The Bertz CT molecular complexity index is 388. The summed E-state index contributed by atoms with van der Waals surface area (Å²) >= 11 is 8.33. The first-order valence-electron chi connectivity index (χ1n) is 6.15. The fourth-order valence-corrected chi connectivity index (χ4v) is 4.65. The standard InChI is InChI=1S/C14H17ClS/c15-14-9-16-8-13(14)7-10-4-5-11-2-1-3-12(11)6-10/h4-6,13-14H,1-3,7-9H2. The van der Waals surface area contributed by atoms with Gasteiger partial charge >= 0.3 is 0 Å². The van der Waals surface area contributed by atoms with Gasteiger partial charge in [-0.1, -0.05) is 18.2 Å². The molecule has 1 heterocycles. The van der Waals surface area contributed by atoms with E-state index in [9.17, 15) is 0 Å². The van der Waals surface area contributed by atoms with Gasteiger partial charge in [0.2, 0.25) is 0 Å². The van der Waals surface area contributed by atoms with E-state index in [-0.39, 0.29) is 0 Å². The maximum absolute atomic E-state index is 6.32. The Morgan fingerprint density at radius 2 is 2.06 bits per heavy atom. The molecule has 2 aliphatic rings. The number of rotatable bonds is 2. The molecule has 2 unspecified atom stereocenters. The van der Waals surface area contributed by atoms with Crippen LogP contribution >= 0.6 is 23.4 Å². The fourth-order valence-electron chi connectivity index (χ4n) is 2.81. The molecule has 0 bridgehead atoms. The van der Waals surface area contributed by atoms with E-state index in [2.05, 4.69) is 18.2 Å². The van der Waals surface area contributed by atoms with Gasteiger partial charge in [0, 0.05) is 11.1 Å². The maximum Gasteiger partial charge on any atom is 0.0465 e. The monoisotopic (exact) mass is 252 g/mol. The van der Waals surface area contributed by atoms with Gasteiger partial charge in [-0.25, -0.2) is 0 Å². The van der Waals surface area contributed by atoms with Crippen molar-refractivity contribution >= 4 is 23.4 Å². The molecule has 1 aliphatic heterocycles. The summed E-state index contributed by atoms with van der Waals surface area (Å²) in [5, 5.41) is 0.387. The van der Waals surface area contributed by atoms with Crippen LogP contribution in [0.4, 0.5) is 0 Å². The molecule has 2 heteroatoms. The van der Waals surface area contributed by atoms with E-state index >= 15 is 0 Å². The summed E-state index contributed by atoms with van der Waals surface area (Å²) in [4.78, 5) is 0. The third-order valence-corrected chi connectivity index (χ3v) is 5.73. The van der Waals surface area contributed by atoms with Gasteiger partial charge < -0.3 is 0 Å². The van der Waals surface area contributed by atoms with Gasteiger partial charge in [-0.05, 0) is 54.0 Å². The number of fused-ring (bicyclic) bond motifs is 1. The summed E-state index contributed by atoms with van der Waals surface area (Å²) < 4.78 is 0. The van der Waals surface area contributed by atoms with Crippen LogP contribution in [-0.2, 0) is 19.3 Å². The fraction of sp³-hybridized carbons (Fsp3) is 0.571. The molecule has 1 fully saturated rings. The average molecular weight is 253 g/mol. The minimum Gasteiger partial charge on any atom is -0.160 e.